The Morgan fingerprint density at radius 1 is 1.14 bits per heavy atom. The highest BCUT2D eigenvalue weighted by Gasteiger charge is 2.14. The number of nitrogens with zero attached hydrogens (tertiary/aromatic N) is 4. The first-order valence-corrected chi connectivity index (χ1v) is 7.41. The molecule has 0 bridgehead atoms. The highest BCUT2D eigenvalue weighted by atomic mass is 79.9. The minimum atomic E-state index is 0.651. The second-order valence-corrected chi connectivity index (χ2v) is 5.53. The second-order valence-electron chi connectivity index (χ2n) is 4.67. The van der Waals surface area contributed by atoms with Crippen molar-refractivity contribution in [3.8, 4) is 17.1 Å². The molecule has 2 N–H and O–H groups in total. The van der Waals surface area contributed by atoms with Crippen molar-refractivity contribution in [3.05, 3.63) is 52.5 Å². The number of nitrogens with two attached hydrogens (primary N) is 1. The van der Waals surface area contributed by atoms with Crippen LogP contribution in [-0.2, 0) is 6.42 Å². The van der Waals surface area contributed by atoms with Crippen LogP contribution in [0.15, 0.2) is 46.9 Å². The molecule has 0 aliphatic carbocycles. The third-order valence-electron chi connectivity index (χ3n) is 3.29. The van der Waals surface area contributed by atoms with E-state index in [1.54, 1.807) is 4.68 Å². The summed E-state index contributed by atoms with van der Waals surface area (Å²) in [5.41, 5.74) is 9.59. The third kappa shape index (κ3) is 2.67. The van der Waals surface area contributed by atoms with Gasteiger partial charge in [0.15, 0.2) is 5.82 Å². The summed E-state index contributed by atoms with van der Waals surface area (Å²) in [6.07, 6.45) is 1.00. The van der Waals surface area contributed by atoms with E-state index in [4.69, 9.17) is 5.73 Å². The summed E-state index contributed by atoms with van der Waals surface area (Å²) in [6.45, 7) is 2.13. The first-order chi connectivity index (χ1) is 10.2. The molecule has 0 amide bonds. The first kappa shape index (κ1) is 13.8. The van der Waals surface area contributed by atoms with E-state index in [1.807, 2.05) is 30.3 Å². The molecule has 0 saturated carbocycles. The van der Waals surface area contributed by atoms with Gasteiger partial charge in [-0.05, 0) is 52.7 Å². The molecular formula is C15H14BrN5. The Bertz CT molecular complexity index is 764. The Hall–Kier alpha value is -2.21. The fraction of sp³-hybridized carbons (Fsp3) is 0.133. The summed E-state index contributed by atoms with van der Waals surface area (Å²) in [6, 6.07) is 13.8. The molecule has 5 nitrogen and oxygen atoms in total. The van der Waals surface area contributed by atoms with Gasteiger partial charge in [-0.15, -0.1) is 5.10 Å². The highest BCUT2D eigenvalue weighted by Crippen LogP contribution is 2.29. The lowest BCUT2D eigenvalue weighted by atomic mass is 10.1. The summed E-state index contributed by atoms with van der Waals surface area (Å²) < 4.78 is 2.61. The molecule has 1 aromatic heterocycles. The number of anilines is 1. The van der Waals surface area contributed by atoms with Gasteiger partial charge in [-0.3, -0.25) is 0 Å². The first-order valence-electron chi connectivity index (χ1n) is 6.62. The quantitative estimate of drug-likeness (QED) is 0.741. The van der Waals surface area contributed by atoms with Crippen molar-refractivity contribution in [1.29, 1.82) is 0 Å². The number of aryl methyl sites for hydroxylation is 1. The van der Waals surface area contributed by atoms with Crippen molar-refractivity contribution < 1.29 is 0 Å². The third-order valence-corrected chi connectivity index (χ3v) is 3.98. The lowest BCUT2D eigenvalue weighted by Crippen LogP contribution is -2.01. The van der Waals surface area contributed by atoms with Gasteiger partial charge in [-0.2, -0.15) is 4.68 Å². The predicted molar refractivity (Wildman–Crippen MR) is 86.1 cm³/mol. The summed E-state index contributed by atoms with van der Waals surface area (Å²) in [5.74, 6) is 0.651. The number of hydrogen-bond donors (Lipinski definition) is 1. The molecule has 0 atom stereocenters. The van der Waals surface area contributed by atoms with E-state index in [0.29, 0.717) is 11.5 Å². The maximum absolute atomic E-state index is 5.86. The molecule has 0 saturated heterocycles. The zero-order valence-electron chi connectivity index (χ0n) is 11.5. The topological polar surface area (TPSA) is 69.6 Å². The molecule has 3 aromatic rings. The van der Waals surface area contributed by atoms with E-state index in [1.165, 1.54) is 5.56 Å². The fourth-order valence-corrected chi connectivity index (χ4v) is 2.54. The van der Waals surface area contributed by atoms with E-state index in [0.717, 1.165) is 22.1 Å². The number of halogens is 1. The van der Waals surface area contributed by atoms with Gasteiger partial charge in [-0.25, -0.2) is 0 Å². The SMILES string of the molecule is CCc1ccc(-n2nnnc2-c2cc(N)ccc2Br)cc1. The number of hydrogen-bond acceptors (Lipinski definition) is 4. The van der Waals surface area contributed by atoms with Crippen LogP contribution in [-0.4, -0.2) is 20.2 Å². The maximum Gasteiger partial charge on any atom is 0.188 e. The van der Waals surface area contributed by atoms with E-state index >= 15 is 0 Å². The second kappa shape index (κ2) is 5.65. The van der Waals surface area contributed by atoms with Crippen molar-refractivity contribution in [2.24, 2.45) is 0 Å². The average Bonchev–Trinajstić information content (AvgIpc) is 2.99. The molecule has 0 unspecified atom stereocenters. The Morgan fingerprint density at radius 2 is 1.90 bits per heavy atom. The van der Waals surface area contributed by atoms with Crippen LogP contribution < -0.4 is 5.73 Å². The maximum atomic E-state index is 5.86. The van der Waals surface area contributed by atoms with Crippen molar-refractivity contribution in [1.82, 2.24) is 20.2 Å². The normalized spacial score (nSPS) is 10.8. The van der Waals surface area contributed by atoms with Crippen molar-refractivity contribution in [3.63, 3.8) is 0 Å². The van der Waals surface area contributed by atoms with Crippen LogP contribution in [0.3, 0.4) is 0 Å². The van der Waals surface area contributed by atoms with E-state index in [9.17, 15) is 0 Å². The molecule has 1 heterocycles. The Morgan fingerprint density at radius 3 is 2.62 bits per heavy atom. The van der Waals surface area contributed by atoms with E-state index in [2.05, 4.69) is 50.5 Å². The molecule has 2 aromatic carbocycles. The molecule has 0 aliphatic rings. The highest BCUT2D eigenvalue weighted by molar-refractivity contribution is 9.10. The minimum absolute atomic E-state index is 0.651. The summed E-state index contributed by atoms with van der Waals surface area (Å²) in [5, 5.41) is 12.0. The van der Waals surface area contributed by atoms with Gasteiger partial charge in [-0.1, -0.05) is 35.0 Å². The van der Waals surface area contributed by atoms with Crippen LogP contribution in [0.25, 0.3) is 17.1 Å². The van der Waals surface area contributed by atoms with Gasteiger partial charge in [0.25, 0.3) is 0 Å². The summed E-state index contributed by atoms with van der Waals surface area (Å²) in [7, 11) is 0. The largest absolute Gasteiger partial charge is 0.399 e. The van der Waals surface area contributed by atoms with Crippen molar-refractivity contribution in [2.75, 3.05) is 5.73 Å². The molecular weight excluding hydrogens is 330 g/mol. The molecule has 21 heavy (non-hydrogen) atoms. The van der Waals surface area contributed by atoms with Gasteiger partial charge in [0, 0.05) is 15.7 Å². The van der Waals surface area contributed by atoms with Crippen LogP contribution in [0.5, 0.6) is 0 Å². The number of rotatable bonds is 3. The standard InChI is InChI=1S/C15H14BrN5/c1-2-10-3-6-12(7-4-10)21-15(18-19-20-21)13-9-11(17)5-8-14(13)16/h3-9H,2,17H2,1H3. The van der Waals surface area contributed by atoms with Gasteiger partial charge < -0.3 is 5.73 Å². The molecule has 106 valence electrons. The van der Waals surface area contributed by atoms with Crippen LogP contribution >= 0.6 is 15.9 Å². The zero-order chi connectivity index (χ0) is 14.8. The molecule has 0 spiro atoms. The van der Waals surface area contributed by atoms with Crippen molar-refractivity contribution >= 4 is 21.6 Å². The average molecular weight is 344 g/mol. The van der Waals surface area contributed by atoms with Gasteiger partial charge in [0.1, 0.15) is 0 Å². The molecule has 6 heteroatoms. The van der Waals surface area contributed by atoms with Gasteiger partial charge in [0.2, 0.25) is 0 Å². The molecule has 0 aliphatic heterocycles. The van der Waals surface area contributed by atoms with Crippen LogP contribution in [0.2, 0.25) is 0 Å². The zero-order valence-corrected chi connectivity index (χ0v) is 13.1. The lowest BCUT2D eigenvalue weighted by Gasteiger charge is -2.07. The van der Waals surface area contributed by atoms with Crippen LogP contribution in [0.1, 0.15) is 12.5 Å². The number of nitrogen functional groups attached to an aromatic ring is 1. The number of tetrazole rings is 1. The van der Waals surface area contributed by atoms with Crippen LogP contribution in [0, 0.1) is 0 Å². The fourth-order valence-electron chi connectivity index (χ4n) is 2.12. The van der Waals surface area contributed by atoms with E-state index < -0.39 is 0 Å². The summed E-state index contributed by atoms with van der Waals surface area (Å²) >= 11 is 3.52. The van der Waals surface area contributed by atoms with Crippen LogP contribution in [0.4, 0.5) is 5.69 Å². The predicted octanol–water partition coefficient (Wildman–Crippen LogP) is 3.24. The Labute approximate surface area is 130 Å². The Balaban J connectivity index is 2.10. The van der Waals surface area contributed by atoms with E-state index in [-0.39, 0.29) is 0 Å². The van der Waals surface area contributed by atoms with Gasteiger partial charge >= 0.3 is 0 Å². The smallest absolute Gasteiger partial charge is 0.188 e. The number of benzene rings is 2. The molecule has 0 radical (unpaired) electrons. The molecule has 3 rings (SSSR count). The lowest BCUT2D eigenvalue weighted by molar-refractivity contribution is 0.790. The number of aromatic nitrogens is 4. The molecule has 0 fully saturated rings. The summed E-state index contributed by atoms with van der Waals surface area (Å²) in [4.78, 5) is 0. The minimum Gasteiger partial charge on any atom is -0.399 e. The Kier molecular flexibility index (Phi) is 3.70. The van der Waals surface area contributed by atoms with Crippen molar-refractivity contribution in [2.45, 2.75) is 13.3 Å². The monoisotopic (exact) mass is 343 g/mol. The van der Waals surface area contributed by atoms with Gasteiger partial charge in [0.05, 0.1) is 5.69 Å².